The zero-order valence-electron chi connectivity index (χ0n) is 13.8. The van der Waals surface area contributed by atoms with Gasteiger partial charge in [0.05, 0.1) is 27.8 Å². The summed E-state index contributed by atoms with van der Waals surface area (Å²) < 4.78 is 15.6. The third-order valence-corrected chi connectivity index (χ3v) is 3.49. The molecule has 0 aliphatic carbocycles. The molecule has 0 heterocycles. The number of carbonyl (C=O) groups is 1. The summed E-state index contributed by atoms with van der Waals surface area (Å²) in [5.74, 6) is 1.91. The van der Waals surface area contributed by atoms with E-state index >= 15 is 0 Å². The zero-order chi connectivity index (χ0) is 16.8. The molecule has 5 nitrogen and oxygen atoms in total. The lowest BCUT2D eigenvalue weighted by Gasteiger charge is -2.11. The molecule has 0 aliphatic heterocycles. The van der Waals surface area contributed by atoms with Gasteiger partial charge in [-0.15, -0.1) is 0 Å². The van der Waals surface area contributed by atoms with Crippen LogP contribution in [0.5, 0.6) is 17.2 Å². The van der Waals surface area contributed by atoms with E-state index < -0.39 is 0 Å². The van der Waals surface area contributed by atoms with Gasteiger partial charge in [0.1, 0.15) is 5.75 Å². The second-order valence-corrected chi connectivity index (χ2v) is 5.10. The lowest BCUT2D eigenvalue weighted by molar-refractivity contribution is -0.115. The van der Waals surface area contributed by atoms with E-state index in [0.717, 1.165) is 16.9 Å². The average molecular weight is 315 g/mol. The van der Waals surface area contributed by atoms with Gasteiger partial charge in [-0.1, -0.05) is 12.1 Å². The molecule has 0 atom stereocenters. The highest BCUT2D eigenvalue weighted by Gasteiger charge is 2.09. The van der Waals surface area contributed by atoms with Crippen molar-refractivity contribution >= 4 is 11.6 Å². The molecule has 0 aromatic heterocycles. The Kier molecular flexibility index (Phi) is 5.46. The number of aryl methyl sites for hydroxylation is 1. The van der Waals surface area contributed by atoms with Crippen molar-refractivity contribution in [3.63, 3.8) is 0 Å². The fourth-order valence-electron chi connectivity index (χ4n) is 2.36. The summed E-state index contributed by atoms with van der Waals surface area (Å²) in [5, 5.41) is 2.86. The van der Waals surface area contributed by atoms with Gasteiger partial charge < -0.3 is 19.5 Å². The Morgan fingerprint density at radius 2 is 1.57 bits per heavy atom. The number of ether oxygens (including phenoxy) is 3. The van der Waals surface area contributed by atoms with Gasteiger partial charge in [0.15, 0.2) is 11.5 Å². The number of benzene rings is 2. The molecule has 0 unspecified atom stereocenters. The predicted molar refractivity (Wildman–Crippen MR) is 89.6 cm³/mol. The third-order valence-electron chi connectivity index (χ3n) is 3.49. The van der Waals surface area contributed by atoms with Crippen LogP contribution in [-0.4, -0.2) is 27.2 Å². The van der Waals surface area contributed by atoms with Crippen LogP contribution in [0, 0.1) is 6.92 Å². The van der Waals surface area contributed by atoms with E-state index in [1.807, 2.05) is 25.1 Å². The van der Waals surface area contributed by atoms with Crippen LogP contribution in [0.4, 0.5) is 5.69 Å². The molecule has 0 saturated carbocycles. The summed E-state index contributed by atoms with van der Waals surface area (Å²) in [5.41, 5.74) is 2.60. The number of hydrogen-bond acceptors (Lipinski definition) is 4. The number of nitrogens with one attached hydrogen (secondary N) is 1. The smallest absolute Gasteiger partial charge is 0.228 e. The van der Waals surface area contributed by atoms with Crippen molar-refractivity contribution in [2.24, 2.45) is 0 Å². The van der Waals surface area contributed by atoms with Crippen molar-refractivity contribution in [1.29, 1.82) is 0 Å². The second-order valence-electron chi connectivity index (χ2n) is 5.10. The molecular formula is C18H21NO4. The van der Waals surface area contributed by atoms with E-state index in [1.165, 1.54) is 0 Å². The molecule has 0 aliphatic rings. The highest BCUT2D eigenvalue weighted by Crippen LogP contribution is 2.29. The van der Waals surface area contributed by atoms with Crippen molar-refractivity contribution in [3.8, 4) is 17.2 Å². The molecule has 0 bridgehead atoms. The summed E-state index contributed by atoms with van der Waals surface area (Å²) in [7, 11) is 4.76. The van der Waals surface area contributed by atoms with Crippen molar-refractivity contribution < 1.29 is 19.0 Å². The molecule has 0 saturated heterocycles. The number of amides is 1. The van der Waals surface area contributed by atoms with Gasteiger partial charge in [-0.05, 0) is 36.2 Å². The Balaban J connectivity index is 2.06. The van der Waals surface area contributed by atoms with Crippen molar-refractivity contribution in [3.05, 3.63) is 47.5 Å². The van der Waals surface area contributed by atoms with Crippen LogP contribution < -0.4 is 19.5 Å². The Hall–Kier alpha value is -2.69. The maximum absolute atomic E-state index is 12.2. The minimum atomic E-state index is -0.0956. The zero-order valence-corrected chi connectivity index (χ0v) is 13.8. The van der Waals surface area contributed by atoms with Crippen LogP contribution >= 0.6 is 0 Å². The molecule has 0 fully saturated rings. The van der Waals surface area contributed by atoms with Crippen LogP contribution in [0.15, 0.2) is 36.4 Å². The molecule has 0 spiro atoms. The number of hydrogen-bond donors (Lipinski definition) is 1. The van der Waals surface area contributed by atoms with Gasteiger partial charge in [0.25, 0.3) is 0 Å². The number of carbonyl (C=O) groups excluding carboxylic acids is 1. The first kappa shape index (κ1) is 16.7. The largest absolute Gasteiger partial charge is 0.496 e. The maximum Gasteiger partial charge on any atom is 0.228 e. The fraction of sp³-hybridized carbons (Fsp3) is 0.278. The van der Waals surface area contributed by atoms with Gasteiger partial charge >= 0.3 is 0 Å². The number of rotatable bonds is 6. The van der Waals surface area contributed by atoms with Crippen LogP contribution in [0.1, 0.15) is 11.1 Å². The van der Waals surface area contributed by atoms with Crippen LogP contribution in [-0.2, 0) is 11.2 Å². The monoisotopic (exact) mass is 315 g/mol. The minimum absolute atomic E-state index is 0.0956. The van der Waals surface area contributed by atoms with E-state index in [1.54, 1.807) is 39.5 Å². The highest BCUT2D eigenvalue weighted by atomic mass is 16.5. The standard InChI is InChI=1S/C18H21NO4/c1-12-9-13(5-7-15(12)21-2)10-18(20)19-14-6-8-16(22-3)17(11-14)23-4/h5-9,11H,10H2,1-4H3,(H,19,20). The van der Waals surface area contributed by atoms with Gasteiger partial charge in [-0.3, -0.25) is 4.79 Å². The van der Waals surface area contributed by atoms with E-state index in [2.05, 4.69) is 5.32 Å². The quantitative estimate of drug-likeness (QED) is 0.889. The van der Waals surface area contributed by atoms with Crippen LogP contribution in [0.2, 0.25) is 0 Å². The van der Waals surface area contributed by atoms with Gasteiger partial charge in [-0.2, -0.15) is 0 Å². The lowest BCUT2D eigenvalue weighted by atomic mass is 10.1. The topological polar surface area (TPSA) is 56.8 Å². The second kappa shape index (κ2) is 7.54. The Morgan fingerprint density at radius 1 is 0.913 bits per heavy atom. The number of methoxy groups -OCH3 is 3. The molecule has 23 heavy (non-hydrogen) atoms. The van der Waals surface area contributed by atoms with Gasteiger partial charge in [0.2, 0.25) is 5.91 Å². The molecule has 0 radical (unpaired) electrons. The first-order chi connectivity index (χ1) is 11.1. The van der Waals surface area contributed by atoms with Crippen molar-refractivity contribution in [1.82, 2.24) is 0 Å². The Labute approximate surface area is 136 Å². The first-order valence-corrected chi connectivity index (χ1v) is 7.22. The molecular weight excluding hydrogens is 294 g/mol. The SMILES string of the molecule is COc1ccc(CC(=O)Nc2ccc(OC)c(OC)c2)cc1C. The maximum atomic E-state index is 12.2. The molecule has 1 N–H and O–H groups in total. The van der Waals surface area contributed by atoms with E-state index in [9.17, 15) is 4.79 Å². The summed E-state index contributed by atoms with van der Waals surface area (Å²) in [6.07, 6.45) is 0.291. The predicted octanol–water partition coefficient (Wildman–Crippen LogP) is 3.20. The summed E-state index contributed by atoms with van der Waals surface area (Å²) >= 11 is 0. The molecule has 2 rings (SSSR count). The van der Waals surface area contributed by atoms with Crippen LogP contribution in [0.25, 0.3) is 0 Å². The van der Waals surface area contributed by atoms with E-state index in [0.29, 0.717) is 23.6 Å². The Bertz CT molecular complexity index is 697. The van der Waals surface area contributed by atoms with E-state index in [-0.39, 0.29) is 5.91 Å². The molecule has 122 valence electrons. The summed E-state index contributed by atoms with van der Waals surface area (Å²) in [4.78, 5) is 12.2. The summed E-state index contributed by atoms with van der Waals surface area (Å²) in [6.45, 7) is 1.95. The first-order valence-electron chi connectivity index (χ1n) is 7.22. The Morgan fingerprint density at radius 3 is 2.17 bits per heavy atom. The van der Waals surface area contributed by atoms with Gasteiger partial charge in [-0.25, -0.2) is 0 Å². The minimum Gasteiger partial charge on any atom is -0.496 e. The summed E-state index contributed by atoms with van der Waals surface area (Å²) in [6, 6.07) is 11.0. The fourth-order valence-corrected chi connectivity index (χ4v) is 2.36. The van der Waals surface area contributed by atoms with Crippen molar-refractivity contribution in [2.45, 2.75) is 13.3 Å². The van der Waals surface area contributed by atoms with E-state index in [4.69, 9.17) is 14.2 Å². The lowest BCUT2D eigenvalue weighted by Crippen LogP contribution is -2.14. The van der Waals surface area contributed by atoms with Crippen LogP contribution in [0.3, 0.4) is 0 Å². The number of anilines is 1. The van der Waals surface area contributed by atoms with Gasteiger partial charge in [0, 0.05) is 11.8 Å². The molecule has 1 amide bonds. The van der Waals surface area contributed by atoms with Crippen molar-refractivity contribution in [2.75, 3.05) is 26.6 Å². The molecule has 5 heteroatoms. The third kappa shape index (κ3) is 4.16. The highest BCUT2D eigenvalue weighted by molar-refractivity contribution is 5.92. The molecule has 2 aromatic carbocycles. The average Bonchev–Trinajstić information content (AvgIpc) is 2.54. The normalized spacial score (nSPS) is 10.1. The molecule has 2 aromatic rings.